The zero-order valence-electron chi connectivity index (χ0n) is 11.2. The third-order valence-corrected chi connectivity index (χ3v) is 3.42. The number of fused-ring (bicyclic) bond motifs is 1. The average molecular weight is 278 g/mol. The highest BCUT2D eigenvalue weighted by Crippen LogP contribution is 2.12. The molecule has 102 valence electrons. The summed E-state index contributed by atoms with van der Waals surface area (Å²) in [6, 6.07) is 5.68. The molecule has 5 heteroatoms. The van der Waals surface area contributed by atoms with E-state index in [0.717, 1.165) is 17.5 Å². The molecule has 0 saturated carbocycles. The van der Waals surface area contributed by atoms with Crippen molar-refractivity contribution in [1.82, 2.24) is 9.55 Å². The molecule has 19 heavy (non-hydrogen) atoms. The molecule has 0 amide bonds. The van der Waals surface area contributed by atoms with Crippen molar-refractivity contribution in [3.8, 4) is 0 Å². The van der Waals surface area contributed by atoms with Crippen molar-refractivity contribution in [1.29, 1.82) is 0 Å². The summed E-state index contributed by atoms with van der Waals surface area (Å²) >= 11 is 5.27. The van der Waals surface area contributed by atoms with Gasteiger partial charge in [-0.05, 0) is 44.1 Å². The van der Waals surface area contributed by atoms with Crippen molar-refractivity contribution in [3.05, 3.63) is 38.9 Å². The molecule has 0 aliphatic rings. The smallest absolute Gasteiger partial charge is 0.262 e. The van der Waals surface area contributed by atoms with E-state index in [1.54, 1.807) is 4.57 Å². The third-order valence-electron chi connectivity index (χ3n) is 3.10. The van der Waals surface area contributed by atoms with Crippen molar-refractivity contribution < 1.29 is 4.74 Å². The lowest BCUT2D eigenvalue weighted by Gasteiger charge is -2.09. The molecule has 0 aliphatic carbocycles. The topological polar surface area (TPSA) is 47.0 Å². The average Bonchev–Trinajstić information content (AvgIpc) is 2.39. The normalized spacial score (nSPS) is 11.1. The monoisotopic (exact) mass is 278 g/mol. The number of nitrogens with zero attached hydrogens (tertiary/aromatic N) is 1. The molecule has 1 aromatic carbocycles. The minimum Gasteiger partial charge on any atom is -0.382 e. The molecule has 0 fully saturated rings. The fourth-order valence-electron chi connectivity index (χ4n) is 2.10. The Labute approximate surface area is 117 Å². The lowest BCUT2D eigenvalue weighted by Crippen LogP contribution is -2.23. The maximum absolute atomic E-state index is 12.4. The largest absolute Gasteiger partial charge is 0.382 e. The predicted octanol–water partition coefficient (Wildman–Crippen LogP) is 2.79. The van der Waals surface area contributed by atoms with E-state index in [1.165, 1.54) is 0 Å². The van der Waals surface area contributed by atoms with Crippen LogP contribution in [0, 0.1) is 11.7 Å². The van der Waals surface area contributed by atoms with E-state index in [0.29, 0.717) is 29.9 Å². The first-order valence-corrected chi connectivity index (χ1v) is 6.86. The number of aryl methyl sites for hydroxylation is 1. The molecule has 1 heterocycles. The van der Waals surface area contributed by atoms with Crippen molar-refractivity contribution >= 4 is 23.1 Å². The van der Waals surface area contributed by atoms with E-state index in [2.05, 4.69) is 4.98 Å². The number of H-pyrrole nitrogens is 1. The van der Waals surface area contributed by atoms with Crippen LogP contribution in [0.5, 0.6) is 0 Å². The van der Waals surface area contributed by atoms with Crippen molar-refractivity contribution in [2.24, 2.45) is 0 Å². The van der Waals surface area contributed by atoms with Gasteiger partial charge >= 0.3 is 0 Å². The maximum atomic E-state index is 12.4. The fraction of sp³-hybridized carbons (Fsp3) is 0.429. The maximum Gasteiger partial charge on any atom is 0.262 e. The molecule has 1 N–H and O–H groups in total. The van der Waals surface area contributed by atoms with E-state index in [9.17, 15) is 4.79 Å². The van der Waals surface area contributed by atoms with Crippen molar-refractivity contribution in [2.75, 3.05) is 13.2 Å². The van der Waals surface area contributed by atoms with E-state index < -0.39 is 0 Å². The minimum absolute atomic E-state index is 0.0288. The Balaban J connectivity index is 2.40. The standard InChI is InChI=1S/C14H18N2O2S/c1-3-18-9-5-8-16-13(17)11-7-4-6-10(2)12(11)15-14(16)19/h4,6-7H,3,5,8-9H2,1-2H3,(H,15,19). The molecule has 0 radical (unpaired) electrons. The van der Waals surface area contributed by atoms with E-state index in [4.69, 9.17) is 17.0 Å². The summed E-state index contributed by atoms with van der Waals surface area (Å²) in [7, 11) is 0. The number of hydrogen-bond acceptors (Lipinski definition) is 3. The number of ether oxygens (including phenoxy) is 1. The Hall–Kier alpha value is -1.46. The molecule has 4 nitrogen and oxygen atoms in total. The van der Waals surface area contributed by atoms with Gasteiger partial charge in [-0.25, -0.2) is 0 Å². The molecule has 1 aromatic heterocycles. The molecule has 0 aliphatic heterocycles. The number of aromatic nitrogens is 2. The second kappa shape index (κ2) is 6.12. The minimum atomic E-state index is -0.0288. The van der Waals surface area contributed by atoms with Gasteiger partial charge in [-0.2, -0.15) is 0 Å². The van der Waals surface area contributed by atoms with Gasteiger partial charge in [0, 0.05) is 19.8 Å². The highest BCUT2D eigenvalue weighted by molar-refractivity contribution is 7.71. The summed E-state index contributed by atoms with van der Waals surface area (Å²) in [5.74, 6) is 0. The quantitative estimate of drug-likeness (QED) is 0.676. The van der Waals surface area contributed by atoms with Crippen LogP contribution in [0.3, 0.4) is 0 Å². The first kappa shape index (κ1) is 14.0. The summed E-state index contributed by atoms with van der Waals surface area (Å²) in [6.45, 7) is 5.84. The number of rotatable bonds is 5. The predicted molar refractivity (Wildman–Crippen MR) is 79.2 cm³/mol. The van der Waals surface area contributed by atoms with Crippen molar-refractivity contribution in [3.63, 3.8) is 0 Å². The second-order valence-electron chi connectivity index (χ2n) is 4.43. The summed E-state index contributed by atoms with van der Waals surface area (Å²) in [4.78, 5) is 15.5. The Kier molecular flexibility index (Phi) is 4.50. The van der Waals surface area contributed by atoms with Crippen molar-refractivity contribution in [2.45, 2.75) is 26.8 Å². The lowest BCUT2D eigenvalue weighted by molar-refractivity contribution is 0.141. The summed E-state index contributed by atoms with van der Waals surface area (Å²) < 4.78 is 7.36. The molecular formula is C14H18N2O2S. The summed E-state index contributed by atoms with van der Waals surface area (Å²) in [6.07, 6.45) is 0.780. The molecule has 0 saturated heterocycles. The van der Waals surface area contributed by atoms with Gasteiger partial charge in [0.15, 0.2) is 4.77 Å². The Morgan fingerprint density at radius 1 is 1.42 bits per heavy atom. The first-order valence-electron chi connectivity index (χ1n) is 6.45. The summed E-state index contributed by atoms with van der Waals surface area (Å²) in [5.41, 5.74) is 1.83. The van der Waals surface area contributed by atoms with Gasteiger partial charge in [0.1, 0.15) is 0 Å². The fourth-order valence-corrected chi connectivity index (χ4v) is 2.37. The number of para-hydroxylation sites is 1. The van der Waals surface area contributed by atoms with Crippen LogP contribution in [0.4, 0.5) is 0 Å². The third kappa shape index (κ3) is 2.93. The Bertz CT molecular complexity index is 688. The molecule has 0 unspecified atom stereocenters. The van der Waals surface area contributed by atoms with Gasteiger partial charge in [-0.1, -0.05) is 12.1 Å². The van der Waals surface area contributed by atoms with Crippen LogP contribution in [-0.4, -0.2) is 22.8 Å². The van der Waals surface area contributed by atoms with E-state index in [1.807, 2.05) is 32.0 Å². The number of aromatic amines is 1. The highest BCUT2D eigenvalue weighted by Gasteiger charge is 2.06. The molecular weight excluding hydrogens is 260 g/mol. The SMILES string of the molecule is CCOCCCn1c(=S)[nH]c2c(C)cccc2c1=O. The van der Waals surface area contributed by atoms with Crippen LogP contribution in [0.25, 0.3) is 10.9 Å². The Morgan fingerprint density at radius 3 is 2.95 bits per heavy atom. The van der Waals surface area contributed by atoms with Gasteiger partial charge in [-0.3, -0.25) is 9.36 Å². The first-order chi connectivity index (χ1) is 9.15. The lowest BCUT2D eigenvalue weighted by atomic mass is 10.1. The van der Waals surface area contributed by atoms with Crippen LogP contribution in [0.1, 0.15) is 18.9 Å². The summed E-state index contributed by atoms with van der Waals surface area (Å²) in [5, 5.41) is 0.685. The second-order valence-corrected chi connectivity index (χ2v) is 4.82. The van der Waals surface area contributed by atoms with Gasteiger partial charge in [0.05, 0.1) is 10.9 Å². The van der Waals surface area contributed by atoms with Gasteiger partial charge in [0.2, 0.25) is 0 Å². The molecule has 2 rings (SSSR count). The van der Waals surface area contributed by atoms with Crippen LogP contribution in [0.2, 0.25) is 0 Å². The van der Waals surface area contributed by atoms with Gasteiger partial charge in [0.25, 0.3) is 5.56 Å². The molecule has 0 atom stereocenters. The zero-order chi connectivity index (χ0) is 13.8. The van der Waals surface area contributed by atoms with Crippen LogP contribution >= 0.6 is 12.2 Å². The van der Waals surface area contributed by atoms with Crippen LogP contribution < -0.4 is 5.56 Å². The van der Waals surface area contributed by atoms with E-state index in [-0.39, 0.29) is 5.56 Å². The highest BCUT2D eigenvalue weighted by atomic mass is 32.1. The molecule has 0 bridgehead atoms. The number of benzene rings is 1. The van der Waals surface area contributed by atoms with Crippen LogP contribution in [-0.2, 0) is 11.3 Å². The Morgan fingerprint density at radius 2 is 2.21 bits per heavy atom. The molecule has 0 spiro atoms. The number of hydrogen-bond donors (Lipinski definition) is 1. The molecule has 2 aromatic rings. The van der Waals surface area contributed by atoms with Crippen LogP contribution in [0.15, 0.2) is 23.0 Å². The number of nitrogens with one attached hydrogen (secondary N) is 1. The van der Waals surface area contributed by atoms with Gasteiger partial charge in [-0.15, -0.1) is 0 Å². The van der Waals surface area contributed by atoms with Gasteiger partial charge < -0.3 is 9.72 Å². The zero-order valence-corrected chi connectivity index (χ0v) is 12.0. The van der Waals surface area contributed by atoms with E-state index >= 15 is 0 Å².